The van der Waals surface area contributed by atoms with Gasteiger partial charge >= 0.3 is 0 Å². The van der Waals surface area contributed by atoms with Gasteiger partial charge in [0, 0.05) is 11.8 Å². The van der Waals surface area contributed by atoms with Gasteiger partial charge < -0.3 is 14.8 Å². The van der Waals surface area contributed by atoms with Crippen molar-refractivity contribution < 1.29 is 22.7 Å². The molecule has 0 saturated carbocycles. The van der Waals surface area contributed by atoms with E-state index >= 15 is 0 Å². The van der Waals surface area contributed by atoms with Gasteiger partial charge in [0.1, 0.15) is 6.04 Å². The third kappa shape index (κ3) is 5.91. The summed E-state index contributed by atoms with van der Waals surface area (Å²) in [5.41, 5.74) is 3.29. The zero-order valence-corrected chi connectivity index (χ0v) is 19.9. The summed E-state index contributed by atoms with van der Waals surface area (Å²) in [7, 11) is -1.14. The molecular formula is C25H28N2O5S. The summed E-state index contributed by atoms with van der Waals surface area (Å²) >= 11 is 0. The Labute approximate surface area is 194 Å². The number of hydrogen-bond donors (Lipinski definition) is 2. The van der Waals surface area contributed by atoms with Crippen molar-refractivity contribution in [2.75, 3.05) is 19.5 Å². The summed E-state index contributed by atoms with van der Waals surface area (Å²) in [6, 6.07) is 18.2. The van der Waals surface area contributed by atoms with Crippen molar-refractivity contribution in [3.05, 3.63) is 83.4 Å². The molecule has 0 heterocycles. The lowest BCUT2D eigenvalue weighted by molar-refractivity contribution is -0.117. The molecule has 7 nitrogen and oxygen atoms in total. The summed E-state index contributed by atoms with van der Waals surface area (Å²) in [5, 5.41) is 2.90. The molecule has 3 rings (SSSR count). The number of nitrogens with one attached hydrogen (secondary N) is 2. The van der Waals surface area contributed by atoms with Crippen LogP contribution in [0.4, 0.5) is 5.69 Å². The molecule has 0 spiro atoms. The number of hydrogen-bond acceptors (Lipinski definition) is 5. The van der Waals surface area contributed by atoms with Crippen LogP contribution in [0, 0.1) is 13.8 Å². The lowest BCUT2D eigenvalue weighted by Gasteiger charge is -2.21. The Morgan fingerprint density at radius 1 is 0.879 bits per heavy atom. The SMILES string of the molecule is COc1ccc(S(=O)(=O)N[C@H](Cc2ccccc2)C(=O)Nc2c(C)cccc2C)cc1OC. The highest BCUT2D eigenvalue weighted by Gasteiger charge is 2.27. The van der Waals surface area contributed by atoms with Gasteiger partial charge in [-0.1, -0.05) is 48.5 Å². The number of methoxy groups -OCH3 is 2. The predicted molar refractivity (Wildman–Crippen MR) is 128 cm³/mol. The number of amides is 1. The van der Waals surface area contributed by atoms with Crippen molar-refractivity contribution >= 4 is 21.6 Å². The number of aryl methyl sites for hydroxylation is 2. The highest BCUT2D eigenvalue weighted by Crippen LogP contribution is 2.29. The van der Waals surface area contributed by atoms with Crippen LogP contribution in [0.5, 0.6) is 11.5 Å². The summed E-state index contributed by atoms with van der Waals surface area (Å²) < 4.78 is 39.4. The average molecular weight is 469 g/mol. The first-order chi connectivity index (χ1) is 15.7. The van der Waals surface area contributed by atoms with Gasteiger partial charge in [-0.3, -0.25) is 4.79 Å². The lowest BCUT2D eigenvalue weighted by atomic mass is 10.0. The Hall–Kier alpha value is -3.36. The molecular weight excluding hydrogens is 440 g/mol. The molecule has 0 aromatic heterocycles. The third-order valence-corrected chi connectivity index (χ3v) is 6.76. The van der Waals surface area contributed by atoms with Crippen LogP contribution in [-0.2, 0) is 21.2 Å². The van der Waals surface area contributed by atoms with Gasteiger partial charge in [0.05, 0.1) is 19.1 Å². The number of carbonyl (C=O) groups excluding carboxylic acids is 1. The molecule has 1 atom stereocenters. The summed E-state index contributed by atoms with van der Waals surface area (Å²) in [6.07, 6.45) is 0.185. The van der Waals surface area contributed by atoms with Crippen molar-refractivity contribution in [3.63, 3.8) is 0 Å². The Kier molecular flexibility index (Phi) is 7.73. The standard InChI is InChI=1S/C25H28N2O5S/c1-17-9-8-10-18(2)24(17)26-25(28)21(15-19-11-6-5-7-12-19)27-33(29,30)20-13-14-22(31-3)23(16-20)32-4/h5-14,16,21,27H,15H2,1-4H3,(H,26,28)/t21-/m1/s1. The zero-order valence-electron chi connectivity index (χ0n) is 19.1. The van der Waals surface area contributed by atoms with Crippen LogP contribution < -0.4 is 19.5 Å². The van der Waals surface area contributed by atoms with E-state index in [-0.39, 0.29) is 17.1 Å². The van der Waals surface area contributed by atoms with E-state index in [9.17, 15) is 13.2 Å². The molecule has 2 N–H and O–H groups in total. The quantitative estimate of drug-likeness (QED) is 0.498. The van der Waals surface area contributed by atoms with E-state index in [0.717, 1.165) is 16.7 Å². The van der Waals surface area contributed by atoms with Gasteiger partial charge in [-0.2, -0.15) is 4.72 Å². The molecule has 174 valence electrons. The molecule has 0 aliphatic rings. The Bertz CT molecular complexity index is 1210. The van der Waals surface area contributed by atoms with E-state index in [0.29, 0.717) is 11.4 Å². The summed E-state index contributed by atoms with van der Waals surface area (Å²) in [5.74, 6) is 0.241. The highest BCUT2D eigenvalue weighted by molar-refractivity contribution is 7.89. The molecule has 0 fully saturated rings. The van der Waals surface area contributed by atoms with Gasteiger partial charge in [0.25, 0.3) is 0 Å². The van der Waals surface area contributed by atoms with Gasteiger partial charge in [-0.05, 0) is 49.1 Å². The molecule has 0 radical (unpaired) electrons. The molecule has 0 saturated heterocycles. The molecule has 3 aromatic carbocycles. The topological polar surface area (TPSA) is 93.7 Å². The number of carbonyl (C=O) groups is 1. The number of sulfonamides is 1. The van der Waals surface area contributed by atoms with E-state index in [1.165, 1.54) is 32.4 Å². The molecule has 0 unspecified atom stereocenters. The van der Waals surface area contributed by atoms with Crippen molar-refractivity contribution in [3.8, 4) is 11.5 Å². The van der Waals surface area contributed by atoms with Crippen LogP contribution in [0.3, 0.4) is 0 Å². The lowest BCUT2D eigenvalue weighted by Crippen LogP contribution is -2.45. The number of para-hydroxylation sites is 1. The number of anilines is 1. The minimum atomic E-state index is -4.04. The third-order valence-electron chi connectivity index (χ3n) is 5.29. The van der Waals surface area contributed by atoms with E-state index in [2.05, 4.69) is 10.0 Å². The van der Waals surface area contributed by atoms with E-state index in [1.54, 1.807) is 0 Å². The maximum Gasteiger partial charge on any atom is 0.242 e. The minimum absolute atomic E-state index is 0.0296. The van der Waals surface area contributed by atoms with Gasteiger partial charge in [0.15, 0.2) is 11.5 Å². The average Bonchev–Trinajstić information content (AvgIpc) is 2.81. The normalized spacial score (nSPS) is 12.1. The number of benzene rings is 3. The Morgan fingerprint density at radius 3 is 2.12 bits per heavy atom. The summed E-state index contributed by atoms with van der Waals surface area (Å²) in [6.45, 7) is 3.78. The van der Waals surface area contributed by atoms with Crippen LogP contribution in [0.1, 0.15) is 16.7 Å². The zero-order chi connectivity index (χ0) is 24.0. The van der Waals surface area contributed by atoms with Crippen LogP contribution in [0.15, 0.2) is 71.6 Å². The van der Waals surface area contributed by atoms with E-state index in [4.69, 9.17) is 9.47 Å². The van der Waals surface area contributed by atoms with Crippen LogP contribution >= 0.6 is 0 Å². The van der Waals surface area contributed by atoms with Crippen LogP contribution in [-0.4, -0.2) is 34.6 Å². The van der Waals surface area contributed by atoms with Crippen molar-refractivity contribution in [2.24, 2.45) is 0 Å². The molecule has 0 aliphatic carbocycles. The molecule has 8 heteroatoms. The molecule has 3 aromatic rings. The van der Waals surface area contributed by atoms with Crippen LogP contribution in [0.25, 0.3) is 0 Å². The minimum Gasteiger partial charge on any atom is -0.493 e. The first kappa shape index (κ1) is 24.3. The maximum absolute atomic E-state index is 13.3. The van der Waals surface area contributed by atoms with Crippen molar-refractivity contribution in [1.82, 2.24) is 4.72 Å². The van der Waals surface area contributed by atoms with E-state index in [1.807, 2.05) is 62.4 Å². The second-order valence-electron chi connectivity index (χ2n) is 7.64. The smallest absolute Gasteiger partial charge is 0.242 e. The maximum atomic E-state index is 13.3. The molecule has 1 amide bonds. The first-order valence-corrected chi connectivity index (χ1v) is 11.9. The monoisotopic (exact) mass is 468 g/mol. The van der Waals surface area contributed by atoms with Gasteiger partial charge in [0.2, 0.25) is 15.9 Å². The Balaban J connectivity index is 1.93. The second-order valence-corrected chi connectivity index (χ2v) is 9.35. The van der Waals surface area contributed by atoms with Crippen molar-refractivity contribution in [2.45, 2.75) is 31.2 Å². The Morgan fingerprint density at radius 2 is 1.52 bits per heavy atom. The fraction of sp³-hybridized carbons (Fsp3) is 0.240. The van der Waals surface area contributed by atoms with Gasteiger partial charge in [-0.25, -0.2) is 8.42 Å². The predicted octanol–water partition coefficient (Wildman–Crippen LogP) is 3.85. The second kappa shape index (κ2) is 10.5. The molecule has 0 bridgehead atoms. The fourth-order valence-electron chi connectivity index (χ4n) is 3.50. The largest absolute Gasteiger partial charge is 0.493 e. The number of ether oxygens (including phenoxy) is 2. The first-order valence-electron chi connectivity index (χ1n) is 10.4. The summed E-state index contributed by atoms with van der Waals surface area (Å²) in [4.78, 5) is 13.2. The van der Waals surface area contributed by atoms with Crippen molar-refractivity contribution in [1.29, 1.82) is 0 Å². The van der Waals surface area contributed by atoms with Gasteiger partial charge in [-0.15, -0.1) is 0 Å². The number of rotatable bonds is 9. The fourth-order valence-corrected chi connectivity index (χ4v) is 4.71. The highest BCUT2D eigenvalue weighted by atomic mass is 32.2. The van der Waals surface area contributed by atoms with E-state index < -0.39 is 22.0 Å². The molecule has 33 heavy (non-hydrogen) atoms. The molecule has 0 aliphatic heterocycles. The van der Waals surface area contributed by atoms with Crippen LogP contribution in [0.2, 0.25) is 0 Å².